The molecule has 1 heterocycles. The van der Waals surface area contributed by atoms with Crippen LogP contribution >= 0.6 is 11.8 Å². The summed E-state index contributed by atoms with van der Waals surface area (Å²) in [7, 11) is 1.91. The molecule has 0 amide bonds. The van der Waals surface area contributed by atoms with Gasteiger partial charge in [-0.1, -0.05) is 11.8 Å². The Labute approximate surface area is 69.5 Å². The minimum Gasteiger partial charge on any atom is -0.318 e. The number of aromatic nitrogens is 4. The van der Waals surface area contributed by atoms with E-state index >= 15 is 0 Å². The molecule has 0 aromatic carbocycles. The summed E-state index contributed by atoms with van der Waals surface area (Å²) in [6, 6.07) is 0. The van der Waals surface area contributed by atoms with Crippen LogP contribution in [-0.2, 0) is 6.54 Å². The third kappa shape index (κ3) is 2.16. The molecule has 62 valence electrons. The molecule has 1 aromatic heterocycles. The van der Waals surface area contributed by atoms with Crippen LogP contribution in [0.1, 0.15) is 0 Å². The van der Waals surface area contributed by atoms with E-state index < -0.39 is 0 Å². The second-order valence-corrected chi connectivity index (χ2v) is 2.77. The van der Waals surface area contributed by atoms with Gasteiger partial charge in [0, 0.05) is 6.54 Å². The Bertz CT molecular complexity index is 210. The van der Waals surface area contributed by atoms with E-state index in [4.69, 9.17) is 0 Å². The molecule has 1 aromatic rings. The lowest BCUT2D eigenvalue weighted by atomic mass is 10.6. The molecule has 0 saturated carbocycles. The highest BCUT2D eigenvalue weighted by molar-refractivity contribution is 7.98. The Morgan fingerprint density at radius 3 is 3.09 bits per heavy atom. The van der Waals surface area contributed by atoms with E-state index in [0.29, 0.717) is 0 Å². The lowest BCUT2D eigenvalue weighted by Gasteiger charge is -1.99. The standard InChI is InChI=1S/C5H11N5S/c1-6-3-4-10-5(11-2)7-8-9-10/h6H,3-4H2,1-2H3. The zero-order valence-corrected chi connectivity index (χ0v) is 7.43. The van der Waals surface area contributed by atoms with Crippen molar-refractivity contribution in [3.8, 4) is 0 Å². The van der Waals surface area contributed by atoms with E-state index in [-0.39, 0.29) is 0 Å². The first-order valence-corrected chi connectivity index (χ1v) is 4.55. The molecular weight excluding hydrogens is 162 g/mol. The van der Waals surface area contributed by atoms with Crippen LogP contribution in [0.25, 0.3) is 0 Å². The Morgan fingerprint density at radius 2 is 2.45 bits per heavy atom. The highest BCUT2D eigenvalue weighted by Crippen LogP contribution is 2.06. The van der Waals surface area contributed by atoms with Gasteiger partial charge in [0.05, 0.1) is 6.54 Å². The molecule has 0 aliphatic carbocycles. The molecule has 0 spiro atoms. The third-order valence-electron chi connectivity index (χ3n) is 1.26. The molecule has 0 bridgehead atoms. The first kappa shape index (κ1) is 8.48. The van der Waals surface area contributed by atoms with E-state index in [1.165, 1.54) is 0 Å². The number of tetrazole rings is 1. The van der Waals surface area contributed by atoms with E-state index in [0.717, 1.165) is 18.2 Å². The molecule has 1 rings (SSSR count). The van der Waals surface area contributed by atoms with Crippen LogP contribution in [-0.4, -0.2) is 40.1 Å². The van der Waals surface area contributed by atoms with Crippen LogP contribution in [0.5, 0.6) is 0 Å². The monoisotopic (exact) mass is 173 g/mol. The summed E-state index contributed by atoms with van der Waals surface area (Å²) >= 11 is 1.55. The molecule has 6 heteroatoms. The Balaban J connectivity index is 2.54. The predicted octanol–water partition coefficient (Wildman–Crippen LogP) is -0.386. The number of nitrogens with one attached hydrogen (secondary N) is 1. The minimum atomic E-state index is 0.819. The maximum Gasteiger partial charge on any atom is 0.209 e. The number of thioether (sulfide) groups is 1. The van der Waals surface area contributed by atoms with Gasteiger partial charge < -0.3 is 5.32 Å². The van der Waals surface area contributed by atoms with E-state index in [1.54, 1.807) is 16.4 Å². The van der Waals surface area contributed by atoms with Gasteiger partial charge in [0.1, 0.15) is 0 Å². The van der Waals surface area contributed by atoms with Crippen LogP contribution in [0, 0.1) is 0 Å². The zero-order valence-electron chi connectivity index (χ0n) is 6.61. The van der Waals surface area contributed by atoms with Crippen molar-refractivity contribution in [1.29, 1.82) is 0 Å². The molecule has 0 atom stereocenters. The molecule has 1 N–H and O–H groups in total. The van der Waals surface area contributed by atoms with Crippen LogP contribution in [0.2, 0.25) is 0 Å². The fourth-order valence-electron chi connectivity index (χ4n) is 0.701. The summed E-state index contributed by atoms with van der Waals surface area (Å²) in [6.45, 7) is 1.71. The van der Waals surface area contributed by atoms with Gasteiger partial charge >= 0.3 is 0 Å². The smallest absolute Gasteiger partial charge is 0.209 e. The summed E-state index contributed by atoms with van der Waals surface area (Å²) in [4.78, 5) is 0. The number of hydrogen-bond acceptors (Lipinski definition) is 5. The zero-order chi connectivity index (χ0) is 8.10. The Hall–Kier alpha value is -0.620. The fourth-order valence-corrected chi connectivity index (χ4v) is 1.16. The van der Waals surface area contributed by atoms with Crippen molar-refractivity contribution < 1.29 is 0 Å². The van der Waals surface area contributed by atoms with E-state index in [2.05, 4.69) is 20.8 Å². The van der Waals surface area contributed by atoms with Crippen molar-refractivity contribution in [3.63, 3.8) is 0 Å². The number of nitrogens with zero attached hydrogens (tertiary/aromatic N) is 4. The molecular formula is C5H11N5S. The highest BCUT2D eigenvalue weighted by atomic mass is 32.2. The fraction of sp³-hybridized carbons (Fsp3) is 0.800. The molecule has 0 fully saturated rings. The SMILES string of the molecule is CNCCn1nnnc1SC. The predicted molar refractivity (Wildman–Crippen MR) is 43.5 cm³/mol. The number of hydrogen-bond donors (Lipinski definition) is 1. The van der Waals surface area contributed by atoms with Gasteiger partial charge in [-0.05, 0) is 23.7 Å². The quantitative estimate of drug-likeness (QED) is 0.629. The average Bonchev–Trinajstić information content (AvgIpc) is 2.47. The van der Waals surface area contributed by atoms with Crippen molar-refractivity contribution in [3.05, 3.63) is 0 Å². The largest absolute Gasteiger partial charge is 0.318 e. The maximum atomic E-state index is 3.82. The maximum absolute atomic E-state index is 3.82. The van der Waals surface area contributed by atoms with E-state index in [9.17, 15) is 0 Å². The van der Waals surface area contributed by atoms with Gasteiger partial charge in [0.25, 0.3) is 0 Å². The van der Waals surface area contributed by atoms with Crippen LogP contribution in [0.15, 0.2) is 5.16 Å². The second kappa shape index (κ2) is 4.30. The minimum absolute atomic E-state index is 0.819. The molecule has 11 heavy (non-hydrogen) atoms. The molecule has 0 aliphatic rings. The summed E-state index contributed by atoms with van der Waals surface area (Å²) in [5.74, 6) is 0. The van der Waals surface area contributed by atoms with Gasteiger partial charge in [0.15, 0.2) is 0 Å². The molecule has 0 radical (unpaired) electrons. The van der Waals surface area contributed by atoms with Crippen LogP contribution in [0.4, 0.5) is 0 Å². The average molecular weight is 173 g/mol. The van der Waals surface area contributed by atoms with Crippen molar-refractivity contribution in [1.82, 2.24) is 25.5 Å². The summed E-state index contributed by atoms with van der Waals surface area (Å²) in [6.07, 6.45) is 1.96. The molecule has 0 saturated heterocycles. The normalized spacial score (nSPS) is 10.4. The van der Waals surface area contributed by atoms with Gasteiger partial charge in [-0.2, -0.15) is 0 Å². The summed E-state index contributed by atoms with van der Waals surface area (Å²) in [5.41, 5.74) is 0. The van der Waals surface area contributed by atoms with Crippen molar-refractivity contribution in [2.24, 2.45) is 0 Å². The Morgan fingerprint density at radius 1 is 1.64 bits per heavy atom. The second-order valence-electron chi connectivity index (χ2n) is 1.99. The highest BCUT2D eigenvalue weighted by Gasteiger charge is 2.01. The third-order valence-corrected chi connectivity index (χ3v) is 1.91. The van der Waals surface area contributed by atoms with Gasteiger partial charge in [-0.15, -0.1) is 5.10 Å². The van der Waals surface area contributed by atoms with E-state index in [1.807, 2.05) is 13.3 Å². The molecule has 0 unspecified atom stereocenters. The lowest BCUT2D eigenvalue weighted by molar-refractivity contribution is 0.530. The first-order valence-electron chi connectivity index (χ1n) is 3.33. The number of likely N-dealkylation sites (N-methyl/N-ethyl adjacent to an activating group) is 1. The van der Waals surface area contributed by atoms with Crippen molar-refractivity contribution in [2.75, 3.05) is 19.8 Å². The molecule has 0 aliphatic heterocycles. The van der Waals surface area contributed by atoms with Crippen LogP contribution < -0.4 is 5.32 Å². The van der Waals surface area contributed by atoms with Crippen molar-refractivity contribution >= 4 is 11.8 Å². The number of rotatable bonds is 4. The summed E-state index contributed by atoms with van der Waals surface area (Å²) < 4.78 is 1.78. The topological polar surface area (TPSA) is 55.6 Å². The van der Waals surface area contributed by atoms with Crippen LogP contribution in [0.3, 0.4) is 0 Å². The van der Waals surface area contributed by atoms with Gasteiger partial charge in [-0.25, -0.2) is 4.68 Å². The lowest BCUT2D eigenvalue weighted by Crippen LogP contribution is -2.16. The van der Waals surface area contributed by atoms with Gasteiger partial charge in [0.2, 0.25) is 5.16 Å². The summed E-state index contributed by atoms with van der Waals surface area (Å²) in [5, 5.41) is 15.1. The van der Waals surface area contributed by atoms with Crippen molar-refractivity contribution in [2.45, 2.75) is 11.7 Å². The molecule has 5 nitrogen and oxygen atoms in total. The Kier molecular flexibility index (Phi) is 3.31. The first-order chi connectivity index (χ1) is 5.38. The van der Waals surface area contributed by atoms with Gasteiger partial charge in [-0.3, -0.25) is 0 Å².